The molecule has 130 valence electrons. The first-order valence-corrected chi connectivity index (χ1v) is 8.02. The Hall–Kier alpha value is -2.77. The predicted octanol–water partition coefficient (Wildman–Crippen LogP) is 1.55. The molecule has 4 rings (SSSR count). The van der Waals surface area contributed by atoms with Gasteiger partial charge < -0.3 is 9.80 Å². The van der Waals surface area contributed by atoms with Crippen molar-refractivity contribution in [1.29, 1.82) is 0 Å². The Morgan fingerprint density at radius 1 is 1.24 bits per heavy atom. The molecule has 2 aromatic rings. The minimum absolute atomic E-state index is 0.0588. The van der Waals surface area contributed by atoms with Crippen molar-refractivity contribution in [3.8, 4) is 5.69 Å². The largest absolute Gasteiger partial charge is 0.340 e. The zero-order valence-electron chi connectivity index (χ0n) is 13.3. The summed E-state index contributed by atoms with van der Waals surface area (Å²) in [5.74, 6) is -1.30. The number of alkyl halides is 2. The number of para-hydroxylation sites is 1. The van der Waals surface area contributed by atoms with Crippen molar-refractivity contribution in [2.45, 2.75) is 13.0 Å². The van der Waals surface area contributed by atoms with Gasteiger partial charge in [0.2, 0.25) is 12.3 Å². The molecular formula is C17H16F2N4O2. The molecule has 0 unspecified atom stereocenters. The van der Waals surface area contributed by atoms with Gasteiger partial charge in [-0.25, -0.2) is 13.5 Å². The Morgan fingerprint density at radius 3 is 2.64 bits per heavy atom. The summed E-state index contributed by atoms with van der Waals surface area (Å²) in [5, 5.41) is 4.25. The van der Waals surface area contributed by atoms with E-state index in [2.05, 4.69) is 5.10 Å². The first-order chi connectivity index (χ1) is 12.0. The number of carbonyl (C=O) groups excluding carboxylic acids is 2. The van der Waals surface area contributed by atoms with Crippen molar-refractivity contribution in [3.05, 3.63) is 47.8 Å². The van der Waals surface area contributed by atoms with E-state index in [4.69, 9.17) is 0 Å². The van der Waals surface area contributed by atoms with Crippen LogP contribution in [0.4, 0.5) is 8.78 Å². The average Bonchev–Trinajstić information content (AvgIpc) is 3.08. The van der Waals surface area contributed by atoms with Crippen LogP contribution in [-0.2, 0) is 11.3 Å². The van der Waals surface area contributed by atoms with Crippen molar-refractivity contribution in [1.82, 2.24) is 19.6 Å². The standard InChI is InChI=1S/C17H16F2N4O2/c18-16(19)11-7-21(8-11)15(24)10-22-9-14-13(17(22)25)6-20-23(14)12-4-2-1-3-5-12/h1-6,11,16H,7-10H2. The van der Waals surface area contributed by atoms with Crippen molar-refractivity contribution in [3.63, 3.8) is 0 Å². The van der Waals surface area contributed by atoms with Gasteiger partial charge in [0.15, 0.2) is 0 Å². The molecule has 3 heterocycles. The van der Waals surface area contributed by atoms with E-state index in [-0.39, 0.29) is 38.0 Å². The Balaban J connectivity index is 1.45. The molecule has 0 bridgehead atoms. The summed E-state index contributed by atoms with van der Waals surface area (Å²) in [5.41, 5.74) is 2.05. The van der Waals surface area contributed by atoms with Crippen molar-refractivity contribution in [2.75, 3.05) is 19.6 Å². The molecule has 1 aromatic heterocycles. The average molecular weight is 346 g/mol. The molecule has 8 heteroatoms. The van der Waals surface area contributed by atoms with Crippen molar-refractivity contribution in [2.24, 2.45) is 5.92 Å². The van der Waals surface area contributed by atoms with Crippen LogP contribution in [0, 0.1) is 5.92 Å². The highest BCUT2D eigenvalue weighted by atomic mass is 19.3. The maximum Gasteiger partial charge on any atom is 0.258 e. The lowest BCUT2D eigenvalue weighted by molar-refractivity contribution is -0.142. The summed E-state index contributed by atoms with van der Waals surface area (Å²) in [7, 11) is 0. The van der Waals surface area contributed by atoms with Gasteiger partial charge in [-0.15, -0.1) is 0 Å². The van der Waals surface area contributed by atoms with E-state index >= 15 is 0 Å². The number of aromatic nitrogens is 2. The maximum absolute atomic E-state index is 12.5. The first kappa shape index (κ1) is 15.7. The lowest BCUT2D eigenvalue weighted by Gasteiger charge is -2.39. The number of rotatable bonds is 4. The minimum atomic E-state index is -2.40. The fourth-order valence-electron chi connectivity index (χ4n) is 3.19. The van der Waals surface area contributed by atoms with Crippen LogP contribution < -0.4 is 0 Å². The van der Waals surface area contributed by atoms with Gasteiger partial charge in [0.25, 0.3) is 5.91 Å². The van der Waals surface area contributed by atoms with E-state index in [9.17, 15) is 18.4 Å². The molecule has 25 heavy (non-hydrogen) atoms. The van der Waals surface area contributed by atoms with Gasteiger partial charge in [-0.2, -0.15) is 5.10 Å². The summed E-state index contributed by atoms with van der Waals surface area (Å²) in [6, 6.07) is 9.42. The first-order valence-electron chi connectivity index (χ1n) is 8.02. The quantitative estimate of drug-likeness (QED) is 0.844. The van der Waals surface area contributed by atoms with Crippen LogP contribution in [0.2, 0.25) is 0 Å². The van der Waals surface area contributed by atoms with Gasteiger partial charge in [-0.05, 0) is 12.1 Å². The molecule has 6 nitrogen and oxygen atoms in total. The molecule has 1 fully saturated rings. The van der Waals surface area contributed by atoms with Crippen LogP contribution in [0.5, 0.6) is 0 Å². The SMILES string of the molecule is O=C(CN1Cc2c(cnn2-c2ccccc2)C1=O)N1CC(C(F)F)C1. The third-order valence-electron chi connectivity index (χ3n) is 4.67. The number of fused-ring (bicyclic) bond motifs is 1. The molecule has 0 atom stereocenters. The highest BCUT2D eigenvalue weighted by molar-refractivity contribution is 5.99. The fourth-order valence-corrected chi connectivity index (χ4v) is 3.19. The number of halogens is 2. The van der Waals surface area contributed by atoms with Crippen molar-refractivity contribution < 1.29 is 18.4 Å². The summed E-state index contributed by atoms with van der Waals surface area (Å²) >= 11 is 0. The summed E-state index contributed by atoms with van der Waals surface area (Å²) in [6.45, 7) is 0.297. The lowest BCUT2D eigenvalue weighted by Crippen LogP contribution is -2.55. The number of amides is 2. The van der Waals surface area contributed by atoms with Crippen LogP contribution in [-0.4, -0.2) is 57.5 Å². The third-order valence-corrected chi connectivity index (χ3v) is 4.67. The number of hydrogen-bond acceptors (Lipinski definition) is 3. The van der Waals surface area contributed by atoms with Gasteiger partial charge in [0.1, 0.15) is 6.54 Å². The van der Waals surface area contributed by atoms with Crippen LogP contribution in [0.15, 0.2) is 36.5 Å². The molecule has 2 amide bonds. The molecule has 0 spiro atoms. The second kappa shape index (κ2) is 5.94. The van der Waals surface area contributed by atoms with E-state index < -0.39 is 12.3 Å². The third kappa shape index (κ3) is 2.67. The normalized spacial score (nSPS) is 17.2. The molecule has 0 aliphatic carbocycles. The minimum Gasteiger partial charge on any atom is -0.340 e. The van der Waals surface area contributed by atoms with Crippen LogP contribution >= 0.6 is 0 Å². The second-order valence-electron chi connectivity index (χ2n) is 6.31. The number of benzene rings is 1. The molecule has 1 saturated heterocycles. The predicted molar refractivity (Wildman–Crippen MR) is 84.4 cm³/mol. The van der Waals surface area contributed by atoms with E-state index in [1.165, 1.54) is 16.0 Å². The zero-order chi connectivity index (χ0) is 17.6. The molecule has 0 radical (unpaired) electrons. The summed E-state index contributed by atoms with van der Waals surface area (Å²) in [4.78, 5) is 27.5. The molecule has 1 aromatic carbocycles. The van der Waals surface area contributed by atoms with Gasteiger partial charge in [-0.1, -0.05) is 18.2 Å². The van der Waals surface area contributed by atoms with Crippen molar-refractivity contribution >= 4 is 11.8 Å². The molecule has 2 aliphatic heterocycles. The number of nitrogens with zero attached hydrogens (tertiary/aromatic N) is 4. The van der Waals surface area contributed by atoms with Gasteiger partial charge >= 0.3 is 0 Å². The molecular weight excluding hydrogens is 330 g/mol. The Labute approximate surface area is 142 Å². The van der Waals surface area contributed by atoms with Crippen LogP contribution in [0.3, 0.4) is 0 Å². The van der Waals surface area contributed by atoms with E-state index in [0.717, 1.165) is 11.4 Å². The smallest absolute Gasteiger partial charge is 0.258 e. The van der Waals surface area contributed by atoms with E-state index in [1.54, 1.807) is 4.68 Å². The molecule has 2 aliphatic rings. The maximum atomic E-state index is 12.5. The second-order valence-corrected chi connectivity index (χ2v) is 6.31. The van der Waals surface area contributed by atoms with Gasteiger partial charge in [0.05, 0.1) is 35.6 Å². The van der Waals surface area contributed by atoms with Gasteiger partial charge in [-0.3, -0.25) is 9.59 Å². The molecule has 0 saturated carbocycles. The summed E-state index contributed by atoms with van der Waals surface area (Å²) in [6.07, 6.45) is -0.899. The Kier molecular flexibility index (Phi) is 3.74. The Morgan fingerprint density at radius 2 is 1.96 bits per heavy atom. The fraction of sp³-hybridized carbons (Fsp3) is 0.353. The van der Waals surface area contributed by atoms with Crippen LogP contribution in [0.1, 0.15) is 16.1 Å². The monoisotopic (exact) mass is 346 g/mol. The van der Waals surface area contributed by atoms with E-state index in [0.29, 0.717) is 5.56 Å². The Bertz CT molecular complexity index is 815. The highest BCUT2D eigenvalue weighted by Crippen LogP contribution is 2.26. The van der Waals surface area contributed by atoms with E-state index in [1.807, 2.05) is 30.3 Å². The number of carbonyl (C=O) groups is 2. The molecule has 0 N–H and O–H groups in total. The topological polar surface area (TPSA) is 58.4 Å². The number of likely N-dealkylation sites (tertiary alicyclic amines) is 1. The van der Waals surface area contributed by atoms with Gasteiger partial charge in [0, 0.05) is 13.1 Å². The van der Waals surface area contributed by atoms with Crippen LogP contribution in [0.25, 0.3) is 5.69 Å². The highest BCUT2D eigenvalue weighted by Gasteiger charge is 2.39. The number of hydrogen-bond donors (Lipinski definition) is 0. The summed E-state index contributed by atoms with van der Waals surface area (Å²) < 4.78 is 26.7. The lowest BCUT2D eigenvalue weighted by atomic mass is 10.0. The zero-order valence-corrected chi connectivity index (χ0v) is 13.3.